The molecule has 0 atom stereocenters. The zero-order valence-electron chi connectivity index (χ0n) is 15.1. The minimum atomic E-state index is -0.223. The monoisotopic (exact) mass is 353 g/mol. The van der Waals surface area contributed by atoms with Gasteiger partial charge in [0.05, 0.1) is 0 Å². The van der Waals surface area contributed by atoms with Crippen LogP contribution in [-0.4, -0.2) is 29.9 Å². The summed E-state index contributed by atoms with van der Waals surface area (Å²) in [6.07, 6.45) is 10.6. The molecule has 3 rings (SSSR count). The van der Waals surface area contributed by atoms with Crippen LogP contribution in [0.1, 0.15) is 44.1 Å². The first kappa shape index (κ1) is 18.2. The Labute approximate surface area is 154 Å². The molecule has 138 valence electrons. The predicted octanol–water partition coefficient (Wildman–Crippen LogP) is 3.22. The lowest BCUT2D eigenvalue weighted by Crippen LogP contribution is -2.33. The van der Waals surface area contributed by atoms with Gasteiger partial charge in [-0.1, -0.05) is 29.8 Å². The Balaban J connectivity index is 1.33. The zero-order chi connectivity index (χ0) is 18.2. The number of para-hydroxylation sites is 1. The van der Waals surface area contributed by atoms with Gasteiger partial charge in [-0.15, -0.1) is 0 Å². The van der Waals surface area contributed by atoms with E-state index in [-0.39, 0.29) is 18.2 Å². The fourth-order valence-corrected chi connectivity index (χ4v) is 3.44. The zero-order valence-corrected chi connectivity index (χ0v) is 15.1. The number of benzene rings is 1. The fraction of sp³-hybridized carbons (Fsp3) is 0.429. The molecule has 1 aromatic carbocycles. The van der Waals surface area contributed by atoms with Crippen molar-refractivity contribution in [3.8, 4) is 0 Å². The Hall–Kier alpha value is -2.56. The molecule has 0 bridgehead atoms. The molecule has 0 spiro atoms. The summed E-state index contributed by atoms with van der Waals surface area (Å²) in [7, 11) is 0. The van der Waals surface area contributed by atoms with Crippen LogP contribution >= 0.6 is 0 Å². The highest BCUT2D eigenvalue weighted by molar-refractivity contribution is 5.96. The number of rotatable bonds is 8. The highest BCUT2D eigenvalue weighted by atomic mass is 16.2. The van der Waals surface area contributed by atoms with E-state index in [0.717, 1.165) is 31.2 Å². The molecule has 0 saturated carbocycles. The van der Waals surface area contributed by atoms with Crippen molar-refractivity contribution in [3.05, 3.63) is 47.7 Å². The molecule has 0 aliphatic heterocycles. The molecule has 1 aliphatic rings. The van der Waals surface area contributed by atoms with Crippen LogP contribution in [0, 0.1) is 0 Å². The van der Waals surface area contributed by atoms with Gasteiger partial charge < -0.3 is 15.6 Å². The van der Waals surface area contributed by atoms with Crippen LogP contribution in [0.3, 0.4) is 0 Å². The molecular formula is C21H27N3O2. The average molecular weight is 353 g/mol. The van der Waals surface area contributed by atoms with Gasteiger partial charge in [0.1, 0.15) is 6.42 Å². The van der Waals surface area contributed by atoms with E-state index >= 15 is 0 Å². The summed E-state index contributed by atoms with van der Waals surface area (Å²) in [5, 5.41) is 6.85. The molecule has 1 aromatic heterocycles. The second-order valence-corrected chi connectivity index (χ2v) is 6.84. The van der Waals surface area contributed by atoms with Crippen LogP contribution in [-0.2, 0) is 16.0 Å². The highest BCUT2D eigenvalue weighted by Crippen LogP contribution is 2.19. The Morgan fingerprint density at radius 3 is 2.54 bits per heavy atom. The van der Waals surface area contributed by atoms with E-state index in [9.17, 15) is 9.59 Å². The maximum atomic E-state index is 11.9. The standard InChI is InChI=1S/C21H27N3O2/c25-20(22-12-10-16-6-2-1-3-7-16)14-21(26)23-13-11-17-15-24-19-9-5-4-8-18(17)19/h4-6,8-9,15,24H,1-3,7,10-14H2,(H,22,25)(H,23,26). The number of amides is 2. The fourth-order valence-electron chi connectivity index (χ4n) is 3.44. The Kier molecular flexibility index (Phi) is 6.47. The second kappa shape index (κ2) is 9.22. The molecule has 1 aliphatic carbocycles. The SMILES string of the molecule is O=C(CC(=O)NCCc1c[nH]c2ccccc12)NCCC1=CCCCC1. The molecule has 0 fully saturated rings. The van der Waals surface area contributed by atoms with E-state index in [1.807, 2.05) is 24.4 Å². The van der Waals surface area contributed by atoms with E-state index in [1.165, 1.54) is 29.4 Å². The number of aromatic nitrogens is 1. The lowest BCUT2D eigenvalue weighted by atomic mass is 9.97. The van der Waals surface area contributed by atoms with Gasteiger partial charge in [0.15, 0.2) is 0 Å². The number of hydrogen-bond acceptors (Lipinski definition) is 2. The molecule has 26 heavy (non-hydrogen) atoms. The van der Waals surface area contributed by atoms with Crippen LogP contribution in [0.15, 0.2) is 42.1 Å². The van der Waals surface area contributed by atoms with Gasteiger partial charge in [-0.2, -0.15) is 0 Å². The first-order chi connectivity index (χ1) is 12.7. The number of carbonyl (C=O) groups excluding carboxylic acids is 2. The first-order valence-corrected chi connectivity index (χ1v) is 9.48. The number of fused-ring (bicyclic) bond motifs is 1. The summed E-state index contributed by atoms with van der Waals surface area (Å²) in [5.74, 6) is -0.426. The maximum Gasteiger partial charge on any atom is 0.229 e. The predicted molar refractivity (Wildman–Crippen MR) is 104 cm³/mol. The number of aromatic amines is 1. The molecule has 0 saturated heterocycles. The van der Waals surface area contributed by atoms with Gasteiger partial charge in [0.25, 0.3) is 0 Å². The molecule has 5 heteroatoms. The minimum absolute atomic E-state index is 0.104. The van der Waals surface area contributed by atoms with Crippen LogP contribution in [0.2, 0.25) is 0 Å². The lowest BCUT2D eigenvalue weighted by Gasteiger charge is -2.13. The normalized spacial score (nSPS) is 14.1. The van der Waals surface area contributed by atoms with E-state index in [2.05, 4.69) is 27.8 Å². The van der Waals surface area contributed by atoms with Gasteiger partial charge in [-0.3, -0.25) is 9.59 Å². The molecule has 0 unspecified atom stereocenters. The number of hydrogen-bond donors (Lipinski definition) is 3. The minimum Gasteiger partial charge on any atom is -0.361 e. The topological polar surface area (TPSA) is 74.0 Å². The first-order valence-electron chi connectivity index (χ1n) is 9.48. The van der Waals surface area contributed by atoms with Gasteiger partial charge >= 0.3 is 0 Å². The van der Waals surface area contributed by atoms with Gasteiger partial charge in [-0.25, -0.2) is 0 Å². The third kappa shape index (κ3) is 5.22. The lowest BCUT2D eigenvalue weighted by molar-refractivity contribution is -0.129. The largest absolute Gasteiger partial charge is 0.361 e. The van der Waals surface area contributed by atoms with Crippen molar-refractivity contribution in [2.24, 2.45) is 0 Å². The summed E-state index contributed by atoms with van der Waals surface area (Å²) in [4.78, 5) is 27.0. The summed E-state index contributed by atoms with van der Waals surface area (Å²) < 4.78 is 0. The van der Waals surface area contributed by atoms with E-state index in [1.54, 1.807) is 0 Å². The van der Waals surface area contributed by atoms with Crippen molar-refractivity contribution in [3.63, 3.8) is 0 Å². The van der Waals surface area contributed by atoms with Crippen molar-refractivity contribution >= 4 is 22.7 Å². The van der Waals surface area contributed by atoms with Crippen LogP contribution < -0.4 is 10.6 Å². The Morgan fingerprint density at radius 1 is 1.00 bits per heavy atom. The number of carbonyl (C=O) groups is 2. The molecule has 2 aromatic rings. The van der Waals surface area contributed by atoms with Crippen LogP contribution in [0.4, 0.5) is 0 Å². The van der Waals surface area contributed by atoms with Gasteiger partial charge in [0.2, 0.25) is 11.8 Å². The van der Waals surface area contributed by atoms with E-state index in [4.69, 9.17) is 0 Å². The number of H-pyrrole nitrogens is 1. The summed E-state index contributed by atoms with van der Waals surface area (Å²) in [5.41, 5.74) is 3.70. The molecule has 1 heterocycles. The highest BCUT2D eigenvalue weighted by Gasteiger charge is 2.10. The molecule has 0 radical (unpaired) electrons. The van der Waals surface area contributed by atoms with Crippen molar-refractivity contribution in [2.45, 2.75) is 44.9 Å². The van der Waals surface area contributed by atoms with E-state index < -0.39 is 0 Å². The molecular weight excluding hydrogens is 326 g/mol. The average Bonchev–Trinajstić information content (AvgIpc) is 3.06. The summed E-state index contributed by atoms with van der Waals surface area (Å²) >= 11 is 0. The molecule has 2 amide bonds. The third-order valence-electron chi connectivity index (χ3n) is 4.87. The smallest absolute Gasteiger partial charge is 0.229 e. The van der Waals surface area contributed by atoms with E-state index in [0.29, 0.717) is 13.1 Å². The number of nitrogens with one attached hydrogen (secondary N) is 3. The second-order valence-electron chi connectivity index (χ2n) is 6.84. The maximum absolute atomic E-state index is 11.9. The Bertz CT molecular complexity index is 791. The number of allylic oxidation sites excluding steroid dienone is 1. The Morgan fingerprint density at radius 2 is 1.77 bits per heavy atom. The van der Waals surface area contributed by atoms with Gasteiger partial charge in [0, 0.05) is 30.2 Å². The molecule has 5 nitrogen and oxygen atoms in total. The quantitative estimate of drug-likeness (QED) is 0.503. The van der Waals surface area contributed by atoms with Crippen LogP contribution in [0.25, 0.3) is 10.9 Å². The molecule has 3 N–H and O–H groups in total. The van der Waals surface area contributed by atoms with Crippen LogP contribution in [0.5, 0.6) is 0 Å². The van der Waals surface area contributed by atoms with Crippen molar-refractivity contribution in [1.29, 1.82) is 0 Å². The van der Waals surface area contributed by atoms with Crippen molar-refractivity contribution in [1.82, 2.24) is 15.6 Å². The van der Waals surface area contributed by atoms with Crippen molar-refractivity contribution < 1.29 is 9.59 Å². The summed E-state index contributed by atoms with van der Waals surface area (Å²) in [6.45, 7) is 1.15. The third-order valence-corrected chi connectivity index (χ3v) is 4.87. The van der Waals surface area contributed by atoms with Crippen molar-refractivity contribution in [2.75, 3.05) is 13.1 Å². The van der Waals surface area contributed by atoms with Gasteiger partial charge in [-0.05, 0) is 50.2 Å². The summed E-state index contributed by atoms with van der Waals surface area (Å²) in [6, 6.07) is 8.10.